The lowest BCUT2D eigenvalue weighted by Crippen LogP contribution is -2.10. The van der Waals surface area contributed by atoms with Gasteiger partial charge in [-0.05, 0) is 31.4 Å². The van der Waals surface area contributed by atoms with Gasteiger partial charge in [-0.1, -0.05) is 70.8 Å². The zero-order valence-electron chi connectivity index (χ0n) is 13.0. The molecule has 0 N–H and O–H groups in total. The molecule has 0 amide bonds. The maximum Gasteiger partial charge on any atom is 0.116 e. The van der Waals surface area contributed by atoms with Crippen LogP contribution in [0.1, 0.15) is 84.5 Å². The van der Waals surface area contributed by atoms with Crippen LogP contribution >= 0.6 is 0 Å². The van der Waals surface area contributed by atoms with Crippen LogP contribution in [0.25, 0.3) is 0 Å². The van der Waals surface area contributed by atoms with Crippen LogP contribution in [-0.4, -0.2) is 6.10 Å². The molecule has 19 heavy (non-hydrogen) atoms. The fourth-order valence-electron chi connectivity index (χ4n) is 2.65. The molecule has 110 valence electrons. The summed E-state index contributed by atoms with van der Waals surface area (Å²) in [5.74, 6) is 0. The van der Waals surface area contributed by atoms with Gasteiger partial charge in [-0.25, -0.2) is 0 Å². The minimum Gasteiger partial charge on any atom is -0.494 e. The second-order valence-corrected chi connectivity index (χ2v) is 5.78. The summed E-state index contributed by atoms with van der Waals surface area (Å²) in [7, 11) is 0. The summed E-state index contributed by atoms with van der Waals surface area (Å²) in [6, 6.07) is 0. The van der Waals surface area contributed by atoms with E-state index in [1.807, 2.05) is 6.08 Å². The Morgan fingerprint density at radius 2 is 1.47 bits per heavy atom. The fourth-order valence-corrected chi connectivity index (χ4v) is 2.65. The third-order valence-corrected chi connectivity index (χ3v) is 4.01. The Bertz CT molecular complexity index is 265. The van der Waals surface area contributed by atoms with Gasteiger partial charge in [0.2, 0.25) is 0 Å². The highest BCUT2D eigenvalue weighted by Gasteiger charge is 2.09. The van der Waals surface area contributed by atoms with E-state index >= 15 is 0 Å². The van der Waals surface area contributed by atoms with Crippen molar-refractivity contribution in [2.45, 2.75) is 90.6 Å². The second-order valence-electron chi connectivity index (χ2n) is 5.78. The summed E-state index contributed by atoms with van der Waals surface area (Å²) in [5, 5.41) is 0. The minimum absolute atomic E-state index is 0.295. The second kappa shape index (κ2) is 11.1. The summed E-state index contributed by atoms with van der Waals surface area (Å²) >= 11 is 0. The highest BCUT2D eigenvalue weighted by molar-refractivity contribution is 5.18. The molecule has 1 atom stereocenters. The fraction of sp³-hybridized carbons (Fsp3) is 0.778. The van der Waals surface area contributed by atoms with E-state index in [1.54, 1.807) is 6.26 Å². The SMILES string of the molecule is CCCCCCCCCCCCC1=CC=COC1C. The molecule has 1 heterocycles. The van der Waals surface area contributed by atoms with Crippen molar-refractivity contribution in [2.75, 3.05) is 0 Å². The smallest absolute Gasteiger partial charge is 0.116 e. The van der Waals surface area contributed by atoms with Crippen molar-refractivity contribution in [3.63, 3.8) is 0 Å². The standard InChI is InChI=1S/C18H32O/c1-3-4-5-6-7-8-9-10-11-12-14-18-15-13-16-19-17(18)2/h13,15-17H,3-12,14H2,1-2H3. The average molecular weight is 264 g/mol. The van der Waals surface area contributed by atoms with E-state index in [2.05, 4.69) is 19.9 Å². The van der Waals surface area contributed by atoms with E-state index in [-0.39, 0.29) is 0 Å². The molecule has 0 radical (unpaired) electrons. The predicted octanol–water partition coefficient (Wildman–Crippen LogP) is 6.16. The lowest BCUT2D eigenvalue weighted by molar-refractivity contribution is 0.185. The van der Waals surface area contributed by atoms with Crippen molar-refractivity contribution in [3.8, 4) is 0 Å². The molecule has 1 aliphatic rings. The quantitative estimate of drug-likeness (QED) is 0.406. The molecule has 0 saturated carbocycles. The van der Waals surface area contributed by atoms with Crippen LogP contribution in [0.2, 0.25) is 0 Å². The van der Waals surface area contributed by atoms with Crippen molar-refractivity contribution >= 4 is 0 Å². The van der Waals surface area contributed by atoms with E-state index in [0.717, 1.165) is 0 Å². The summed E-state index contributed by atoms with van der Waals surface area (Å²) in [5.41, 5.74) is 1.46. The first-order valence-corrected chi connectivity index (χ1v) is 8.35. The molecule has 1 nitrogen and oxygen atoms in total. The molecule has 0 aromatic rings. The summed E-state index contributed by atoms with van der Waals surface area (Å²) in [4.78, 5) is 0. The first-order valence-electron chi connectivity index (χ1n) is 8.35. The summed E-state index contributed by atoms with van der Waals surface area (Å²) < 4.78 is 5.48. The van der Waals surface area contributed by atoms with Crippen molar-refractivity contribution in [2.24, 2.45) is 0 Å². The van der Waals surface area contributed by atoms with Crippen LogP contribution in [0.4, 0.5) is 0 Å². The van der Waals surface area contributed by atoms with E-state index < -0.39 is 0 Å². The molecule has 0 aliphatic carbocycles. The van der Waals surface area contributed by atoms with E-state index in [9.17, 15) is 0 Å². The number of rotatable bonds is 11. The minimum atomic E-state index is 0.295. The molecule has 1 rings (SSSR count). The van der Waals surface area contributed by atoms with Crippen LogP contribution in [0, 0.1) is 0 Å². The van der Waals surface area contributed by atoms with Crippen LogP contribution in [0.15, 0.2) is 24.0 Å². The molecule has 1 unspecified atom stereocenters. The molecule has 0 saturated heterocycles. The van der Waals surface area contributed by atoms with E-state index in [1.165, 1.54) is 76.2 Å². The highest BCUT2D eigenvalue weighted by Crippen LogP contribution is 2.19. The number of allylic oxidation sites excluding steroid dienone is 2. The number of hydrogen-bond acceptors (Lipinski definition) is 1. The van der Waals surface area contributed by atoms with E-state index in [0.29, 0.717) is 6.10 Å². The molecule has 1 heteroatoms. The molecular weight excluding hydrogens is 232 g/mol. The largest absolute Gasteiger partial charge is 0.494 e. The third-order valence-electron chi connectivity index (χ3n) is 4.01. The van der Waals surface area contributed by atoms with Gasteiger partial charge in [0.15, 0.2) is 0 Å². The third kappa shape index (κ3) is 8.13. The van der Waals surface area contributed by atoms with E-state index in [4.69, 9.17) is 4.74 Å². The Morgan fingerprint density at radius 1 is 0.895 bits per heavy atom. The summed E-state index contributed by atoms with van der Waals surface area (Å²) in [6.45, 7) is 4.43. The Hall–Kier alpha value is -0.720. The van der Waals surface area contributed by atoms with Gasteiger partial charge in [-0.3, -0.25) is 0 Å². The first-order chi connectivity index (χ1) is 9.34. The van der Waals surface area contributed by atoms with Crippen LogP contribution in [-0.2, 0) is 4.74 Å². The predicted molar refractivity (Wildman–Crippen MR) is 84.2 cm³/mol. The average Bonchev–Trinajstić information content (AvgIpc) is 2.43. The normalized spacial score (nSPS) is 18.2. The van der Waals surface area contributed by atoms with Crippen molar-refractivity contribution < 1.29 is 4.74 Å². The van der Waals surface area contributed by atoms with Crippen LogP contribution in [0.3, 0.4) is 0 Å². The van der Waals surface area contributed by atoms with Crippen molar-refractivity contribution in [1.29, 1.82) is 0 Å². The monoisotopic (exact) mass is 264 g/mol. The molecule has 1 aliphatic heterocycles. The Morgan fingerprint density at radius 3 is 2.05 bits per heavy atom. The van der Waals surface area contributed by atoms with Gasteiger partial charge in [0, 0.05) is 0 Å². The van der Waals surface area contributed by atoms with Gasteiger partial charge in [0.05, 0.1) is 6.26 Å². The number of ether oxygens (including phenoxy) is 1. The van der Waals surface area contributed by atoms with Gasteiger partial charge < -0.3 is 4.74 Å². The maximum absolute atomic E-state index is 5.48. The zero-order valence-corrected chi connectivity index (χ0v) is 13.0. The highest BCUT2D eigenvalue weighted by atomic mass is 16.5. The van der Waals surface area contributed by atoms with Crippen molar-refractivity contribution in [1.82, 2.24) is 0 Å². The number of unbranched alkanes of at least 4 members (excludes halogenated alkanes) is 9. The molecule has 0 aromatic heterocycles. The molecule has 0 aromatic carbocycles. The number of hydrogen-bond donors (Lipinski definition) is 0. The summed E-state index contributed by atoms with van der Waals surface area (Å²) in [6.07, 6.45) is 21.6. The van der Waals surface area contributed by atoms with Gasteiger partial charge in [0.25, 0.3) is 0 Å². The Labute approximate surface area is 120 Å². The molecular formula is C18H32O. The van der Waals surface area contributed by atoms with Crippen molar-refractivity contribution in [3.05, 3.63) is 24.0 Å². The lowest BCUT2D eigenvalue weighted by Gasteiger charge is -2.18. The zero-order chi connectivity index (χ0) is 13.8. The van der Waals surface area contributed by atoms with Crippen LogP contribution in [0.5, 0.6) is 0 Å². The van der Waals surface area contributed by atoms with Gasteiger partial charge in [0.1, 0.15) is 6.10 Å². The molecule has 0 fully saturated rings. The van der Waals surface area contributed by atoms with Crippen LogP contribution < -0.4 is 0 Å². The Kier molecular flexibility index (Phi) is 9.57. The molecule has 0 bridgehead atoms. The van der Waals surface area contributed by atoms with Gasteiger partial charge in [-0.2, -0.15) is 0 Å². The topological polar surface area (TPSA) is 9.23 Å². The van der Waals surface area contributed by atoms with Gasteiger partial charge >= 0.3 is 0 Å². The van der Waals surface area contributed by atoms with Gasteiger partial charge in [-0.15, -0.1) is 0 Å². The lowest BCUT2D eigenvalue weighted by atomic mass is 10.0. The molecule has 0 spiro atoms. The Balaban J connectivity index is 1.86. The maximum atomic E-state index is 5.48. The first kappa shape index (κ1) is 16.3.